The number of aliphatic hydroxyl groups is 1. The van der Waals surface area contributed by atoms with Crippen molar-refractivity contribution in [1.82, 2.24) is 9.62 Å². The summed E-state index contributed by atoms with van der Waals surface area (Å²) in [5.41, 5.74) is 2.80. The Labute approximate surface area is 201 Å². The van der Waals surface area contributed by atoms with E-state index in [9.17, 15) is 13.5 Å². The van der Waals surface area contributed by atoms with Crippen LogP contribution in [0.15, 0.2) is 54.6 Å². The summed E-state index contributed by atoms with van der Waals surface area (Å²) in [4.78, 5) is 1.41. The molecule has 0 aromatic heterocycles. The minimum atomic E-state index is -3.86. The Hall–Kier alpha value is -1.87. The first-order valence-electron chi connectivity index (χ1n) is 12.1. The van der Waals surface area contributed by atoms with Crippen molar-refractivity contribution in [2.24, 2.45) is 5.92 Å². The van der Waals surface area contributed by atoms with E-state index in [4.69, 9.17) is 0 Å². The molecule has 8 heteroatoms. The topological polar surface area (TPSA) is 69.6 Å². The molecule has 2 N–H and O–H groups in total. The summed E-state index contributed by atoms with van der Waals surface area (Å²) in [6, 6.07) is 15.0. The zero-order valence-corrected chi connectivity index (χ0v) is 20.4. The van der Waals surface area contributed by atoms with Gasteiger partial charge < -0.3 is 5.11 Å². The van der Waals surface area contributed by atoms with Crippen LogP contribution in [0.4, 0.5) is 8.78 Å². The summed E-state index contributed by atoms with van der Waals surface area (Å²) in [5.74, 6) is -3.02. The molecule has 2 fully saturated rings. The molecule has 0 radical (unpaired) electrons. The van der Waals surface area contributed by atoms with E-state index in [-0.39, 0.29) is 12.2 Å². The second kappa shape index (κ2) is 10.4. The van der Waals surface area contributed by atoms with Crippen LogP contribution in [0, 0.1) is 5.92 Å². The van der Waals surface area contributed by atoms with E-state index in [2.05, 4.69) is 4.72 Å². The second-order valence-corrected chi connectivity index (χ2v) is 11.7. The average molecular weight is 493 g/mol. The molecule has 0 spiro atoms. The quantitative estimate of drug-likeness (QED) is 0.515. The molecule has 34 heavy (non-hydrogen) atoms. The molecule has 0 bridgehead atoms. The van der Waals surface area contributed by atoms with Crippen LogP contribution < -0.4 is 4.72 Å². The first-order valence-corrected chi connectivity index (χ1v) is 13.8. The zero-order valence-electron chi connectivity index (χ0n) is 19.5. The molecule has 4 rings (SSSR count). The van der Waals surface area contributed by atoms with Crippen molar-refractivity contribution in [2.75, 3.05) is 12.3 Å². The fourth-order valence-electron chi connectivity index (χ4n) is 5.02. The highest BCUT2D eigenvalue weighted by Gasteiger charge is 2.56. The van der Waals surface area contributed by atoms with Gasteiger partial charge in [0.25, 0.3) is 5.92 Å². The number of nitrogens with one attached hydrogen (secondary N) is 1. The Morgan fingerprint density at radius 2 is 1.82 bits per heavy atom. The van der Waals surface area contributed by atoms with Crippen LogP contribution in [0.25, 0.3) is 11.1 Å². The molecule has 1 aliphatic heterocycles. The molecule has 1 heterocycles. The highest BCUT2D eigenvalue weighted by molar-refractivity contribution is 7.89. The Balaban J connectivity index is 1.60. The van der Waals surface area contributed by atoms with Crippen LogP contribution in [-0.4, -0.2) is 55.0 Å². The molecule has 1 saturated heterocycles. The molecule has 3 atom stereocenters. The molecule has 1 unspecified atom stereocenters. The molecule has 186 valence electrons. The number of halogens is 2. The van der Waals surface area contributed by atoms with Crippen LogP contribution in [0.1, 0.15) is 44.6 Å². The first kappa shape index (κ1) is 25.2. The highest BCUT2D eigenvalue weighted by Crippen LogP contribution is 2.38. The van der Waals surface area contributed by atoms with E-state index in [1.54, 1.807) is 0 Å². The van der Waals surface area contributed by atoms with Gasteiger partial charge >= 0.3 is 0 Å². The maximum atomic E-state index is 15.2. The van der Waals surface area contributed by atoms with Crippen LogP contribution in [0.5, 0.6) is 0 Å². The molecule has 1 saturated carbocycles. The van der Waals surface area contributed by atoms with E-state index in [0.717, 1.165) is 36.0 Å². The molecule has 2 aliphatic rings. The maximum absolute atomic E-state index is 15.2. The molecule has 0 amide bonds. The minimum Gasteiger partial charge on any atom is -0.378 e. The molecule has 1 aliphatic carbocycles. The van der Waals surface area contributed by atoms with Crippen LogP contribution in [-0.2, 0) is 16.4 Å². The molecule has 2 aromatic rings. The van der Waals surface area contributed by atoms with Gasteiger partial charge in [-0.1, -0.05) is 73.9 Å². The monoisotopic (exact) mass is 492 g/mol. The number of hydrogen-bond acceptors (Lipinski definition) is 4. The van der Waals surface area contributed by atoms with Gasteiger partial charge in [-0.15, -0.1) is 0 Å². The Morgan fingerprint density at radius 1 is 1.12 bits per heavy atom. The molecule has 2 aromatic carbocycles. The fraction of sp³-hybridized carbons (Fsp3) is 0.538. The third-order valence-corrected chi connectivity index (χ3v) is 8.64. The summed E-state index contributed by atoms with van der Waals surface area (Å²) in [6.07, 6.45) is 3.80. The van der Waals surface area contributed by atoms with E-state index in [1.807, 2.05) is 54.6 Å². The number of rotatable bonds is 10. The average Bonchev–Trinajstić information content (AvgIpc) is 3.03. The number of aliphatic hydroxyl groups excluding tert-OH is 1. The highest BCUT2D eigenvalue weighted by atomic mass is 32.2. The lowest BCUT2D eigenvalue weighted by Gasteiger charge is -2.33. The van der Waals surface area contributed by atoms with Gasteiger partial charge in [0.1, 0.15) is 12.3 Å². The van der Waals surface area contributed by atoms with Gasteiger partial charge in [-0.2, -0.15) is 0 Å². The lowest BCUT2D eigenvalue weighted by molar-refractivity contribution is -0.0444. The number of alkyl halides is 2. The predicted molar refractivity (Wildman–Crippen MR) is 130 cm³/mol. The number of nitrogens with zero attached hydrogens (tertiary/aromatic N) is 1. The standard InChI is InChI=1S/C26H34F2N2O3S/c1-2-34(32,33)29-25-23(17-20-10-7-13-22(16-20)21-11-4-3-5-12-21)30(18-26(25,27)28)24(31)15-14-19-8-6-9-19/h3-5,7,10-13,16,19,23-25,29,31H,2,6,8-9,14-15,17-18H2,1H3/t23-,24?,25+/m0/s1. The van der Waals surface area contributed by atoms with Gasteiger partial charge in [-0.05, 0) is 48.8 Å². The van der Waals surface area contributed by atoms with Crippen molar-refractivity contribution >= 4 is 10.0 Å². The van der Waals surface area contributed by atoms with Crippen molar-refractivity contribution in [3.05, 3.63) is 60.2 Å². The van der Waals surface area contributed by atoms with Crippen molar-refractivity contribution in [2.45, 2.75) is 69.7 Å². The number of likely N-dealkylation sites (tertiary alicyclic amines) is 1. The fourth-order valence-corrected chi connectivity index (χ4v) is 5.90. The lowest BCUT2D eigenvalue weighted by Crippen LogP contribution is -2.53. The van der Waals surface area contributed by atoms with Gasteiger partial charge in [0.2, 0.25) is 10.0 Å². The van der Waals surface area contributed by atoms with E-state index < -0.39 is 40.8 Å². The van der Waals surface area contributed by atoms with Crippen molar-refractivity contribution in [3.8, 4) is 11.1 Å². The predicted octanol–water partition coefficient (Wildman–Crippen LogP) is 4.42. The van der Waals surface area contributed by atoms with Crippen LogP contribution in [0.3, 0.4) is 0 Å². The third kappa shape index (κ3) is 5.85. The zero-order chi connectivity index (χ0) is 24.3. The Morgan fingerprint density at radius 3 is 2.47 bits per heavy atom. The lowest BCUT2D eigenvalue weighted by atomic mass is 9.82. The van der Waals surface area contributed by atoms with E-state index >= 15 is 8.78 Å². The van der Waals surface area contributed by atoms with Gasteiger partial charge in [0.05, 0.1) is 12.3 Å². The largest absolute Gasteiger partial charge is 0.378 e. The van der Waals surface area contributed by atoms with Crippen LogP contribution >= 0.6 is 0 Å². The van der Waals surface area contributed by atoms with Crippen molar-refractivity contribution < 1.29 is 22.3 Å². The Kier molecular flexibility index (Phi) is 7.72. The molecule has 5 nitrogen and oxygen atoms in total. The summed E-state index contributed by atoms with van der Waals surface area (Å²) in [5, 5.41) is 10.9. The van der Waals surface area contributed by atoms with Gasteiger partial charge in [0, 0.05) is 6.04 Å². The SMILES string of the molecule is CCS(=O)(=O)N[C@@H]1[C@H](Cc2cccc(-c3ccccc3)c2)N(C(O)CCC2CCC2)CC1(F)F. The summed E-state index contributed by atoms with van der Waals surface area (Å²) in [6.45, 7) is 0.762. The van der Waals surface area contributed by atoms with Gasteiger partial charge in [0.15, 0.2) is 0 Å². The molecular formula is C26H34F2N2O3S. The molecular weight excluding hydrogens is 458 g/mol. The smallest absolute Gasteiger partial charge is 0.278 e. The van der Waals surface area contributed by atoms with Crippen LogP contribution in [0.2, 0.25) is 0 Å². The Bertz CT molecular complexity index is 1060. The minimum absolute atomic E-state index is 0.202. The van der Waals surface area contributed by atoms with Crippen molar-refractivity contribution in [1.29, 1.82) is 0 Å². The van der Waals surface area contributed by atoms with Gasteiger partial charge in [-0.3, -0.25) is 4.90 Å². The number of benzene rings is 2. The summed E-state index contributed by atoms with van der Waals surface area (Å²) < 4.78 is 57.2. The van der Waals surface area contributed by atoms with E-state index in [0.29, 0.717) is 12.3 Å². The first-order chi connectivity index (χ1) is 16.2. The second-order valence-electron chi connectivity index (χ2n) is 9.63. The summed E-state index contributed by atoms with van der Waals surface area (Å²) in [7, 11) is -3.86. The normalized spacial score (nSPS) is 24.1. The van der Waals surface area contributed by atoms with Crippen molar-refractivity contribution in [3.63, 3.8) is 0 Å². The third-order valence-electron chi connectivity index (χ3n) is 7.27. The number of hydrogen-bond donors (Lipinski definition) is 2. The van der Waals surface area contributed by atoms with E-state index in [1.165, 1.54) is 18.2 Å². The van der Waals surface area contributed by atoms with Gasteiger partial charge in [-0.25, -0.2) is 21.9 Å². The number of sulfonamides is 1. The summed E-state index contributed by atoms with van der Waals surface area (Å²) >= 11 is 0. The maximum Gasteiger partial charge on any atom is 0.278 e.